The van der Waals surface area contributed by atoms with Crippen molar-refractivity contribution in [2.24, 2.45) is 0 Å². The Morgan fingerprint density at radius 1 is 0.957 bits per heavy atom. The molecule has 0 N–H and O–H groups in total. The van der Waals surface area contributed by atoms with Gasteiger partial charge in [-0.15, -0.1) is 0 Å². The summed E-state index contributed by atoms with van der Waals surface area (Å²) in [5.74, 6) is 1.31. The van der Waals surface area contributed by atoms with E-state index >= 15 is 0 Å². The molecular formula is C16H19N3O4. The number of anilines is 2. The van der Waals surface area contributed by atoms with Gasteiger partial charge < -0.3 is 23.7 Å². The van der Waals surface area contributed by atoms with Crippen LogP contribution in [0.25, 0.3) is 11.0 Å². The predicted molar refractivity (Wildman–Crippen MR) is 86.3 cm³/mol. The van der Waals surface area contributed by atoms with Gasteiger partial charge in [0.2, 0.25) is 0 Å². The van der Waals surface area contributed by atoms with Crippen LogP contribution >= 0.6 is 0 Å². The van der Waals surface area contributed by atoms with Crippen LogP contribution in [0.5, 0.6) is 0 Å². The fourth-order valence-corrected chi connectivity index (χ4v) is 3.00. The Morgan fingerprint density at radius 2 is 1.61 bits per heavy atom. The number of fused-ring (bicyclic) bond motifs is 1. The number of aromatic nitrogens is 1. The first-order valence-corrected chi connectivity index (χ1v) is 7.91. The molecule has 4 rings (SSSR count). The quantitative estimate of drug-likeness (QED) is 0.814. The van der Waals surface area contributed by atoms with Crippen LogP contribution < -0.4 is 15.2 Å². The van der Waals surface area contributed by atoms with Crippen molar-refractivity contribution in [3.63, 3.8) is 0 Å². The minimum absolute atomic E-state index is 0.0374. The maximum Gasteiger partial charge on any atom is 0.200 e. The van der Waals surface area contributed by atoms with E-state index in [0.29, 0.717) is 43.3 Å². The van der Waals surface area contributed by atoms with E-state index in [4.69, 9.17) is 13.9 Å². The van der Waals surface area contributed by atoms with Gasteiger partial charge in [0.05, 0.1) is 31.8 Å². The number of nitrogens with zero attached hydrogens (tertiary/aromatic N) is 3. The number of morpholine rings is 2. The molecule has 0 radical (unpaired) electrons. The van der Waals surface area contributed by atoms with E-state index in [1.807, 2.05) is 4.90 Å². The summed E-state index contributed by atoms with van der Waals surface area (Å²) < 4.78 is 16.8. The van der Waals surface area contributed by atoms with Crippen LogP contribution in [-0.2, 0) is 9.47 Å². The smallest absolute Gasteiger partial charge is 0.200 e. The van der Waals surface area contributed by atoms with Crippen LogP contribution in [0.4, 0.5) is 11.7 Å². The van der Waals surface area contributed by atoms with Crippen molar-refractivity contribution in [2.75, 3.05) is 62.4 Å². The largest absolute Gasteiger partial charge is 0.436 e. The average Bonchev–Trinajstić information content (AvgIpc) is 2.63. The number of rotatable bonds is 2. The summed E-state index contributed by atoms with van der Waals surface area (Å²) in [4.78, 5) is 21.1. The zero-order valence-electron chi connectivity index (χ0n) is 12.9. The zero-order chi connectivity index (χ0) is 15.6. The number of hydrogen-bond donors (Lipinski definition) is 0. The standard InChI is InChI=1S/C16H19N3O4/c20-13-11-14(18-3-7-21-8-4-18)23-15-12(13)1-2-17-16(15)19-5-9-22-10-6-19/h1-2,11H,3-10H2. The molecule has 23 heavy (non-hydrogen) atoms. The van der Waals surface area contributed by atoms with Crippen molar-refractivity contribution in [2.45, 2.75) is 0 Å². The molecule has 2 aliphatic rings. The lowest BCUT2D eigenvalue weighted by Gasteiger charge is -2.29. The van der Waals surface area contributed by atoms with Gasteiger partial charge in [-0.25, -0.2) is 4.98 Å². The van der Waals surface area contributed by atoms with E-state index in [1.54, 1.807) is 18.3 Å². The van der Waals surface area contributed by atoms with Crippen molar-refractivity contribution in [3.05, 3.63) is 28.6 Å². The van der Waals surface area contributed by atoms with E-state index < -0.39 is 0 Å². The van der Waals surface area contributed by atoms with Gasteiger partial charge in [-0.1, -0.05) is 0 Å². The minimum atomic E-state index is -0.0374. The van der Waals surface area contributed by atoms with Crippen molar-refractivity contribution < 1.29 is 13.9 Å². The van der Waals surface area contributed by atoms with E-state index in [2.05, 4.69) is 9.88 Å². The van der Waals surface area contributed by atoms with Crippen LogP contribution in [0.1, 0.15) is 0 Å². The number of ether oxygens (including phenoxy) is 2. The second-order valence-corrected chi connectivity index (χ2v) is 5.66. The van der Waals surface area contributed by atoms with Crippen LogP contribution in [-0.4, -0.2) is 57.6 Å². The molecular weight excluding hydrogens is 298 g/mol. The van der Waals surface area contributed by atoms with E-state index in [9.17, 15) is 4.79 Å². The highest BCUT2D eigenvalue weighted by Crippen LogP contribution is 2.27. The predicted octanol–water partition coefficient (Wildman–Crippen LogP) is 0.861. The Labute approximate surface area is 133 Å². The van der Waals surface area contributed by atoms with Gasteiger partial charge >= 0.3 is 0 Å². The maximum absolute atomic E-state index is 12.5. The highest BCUT2D eigenvalue weighted by atomic mass is 16.5. The van der Waals surface area contributed by atoms with Gasteiger partial charge in [0.25, 0.3) is 0 Å². The summed E-state index contributed by atoms with van der Waals surface area (Å²) in [5.41, 5.74) is 0.521. The van der Waals surface area contributed by atoms with Gasteiger partial charge in [-0.2, -0.15) is 0 Å². The third-order valence-corrected chi connectivity index (χ3v) is 4.25. The molecule has 0 bridgehead atoms. The fourth-order valence-electron chi connectivity index (χ4n) is 3.00. The Bertz CT molecular complexity index is 749. The lowest BCUT2D eigenvalue weighted by molar-refractivity contribution is 0.120. The van der Waals surface area contributed by atoms with E-state index in [1.165, 1.54) is 0 Å². The first-order valence-electron chi connectivity index (χ1n) is 7.91. The summed E-state index contributed by atoms with van der Waals surface area (Å²) >= 11 is 0. The topological polar surface area (TPSA) is 68.0 Å². The van der Waals surface area contributed by atoms with E-state index in [0.717, 1.165) is 32.0 Å². The Morgan fingerprint density at radius 3 is 2.30 bits per heavy atom. The monoisotopic (exact) mass is 317 g/mol. The van der Waals surface area contributed by atoms with E-state index in [-0.39, 0.29) is 5.43 Å². The molecule has 0 amide bonds. The SMILES string of the molecule is O=c1cc(N2CCOCC2)oc2c(N3CCOCC3)nccc12. The zero-order valence-corrected chi connectivity index (χ0v) is 12.9. The third kappa shape index (κ3) is 2.77. The molecule has 2 fully saturated rings. The summed E-state index contributed by atoms with van der Waals surface area (Å²) in [5, 5.41) is 0.568. The maximum atomic E-state index is 12.5. The Hall–Kier alpha value is -2.12. The molecule has 0 spiro atoms. The molecule has 2 aromatic rings. The molecule has 2 saturated heterocycles. The number of pyridine rings is 1. The van der Waals surface area contributed by atoms with Crippen LogP contribution in [0, 0.1) is 0 Å². The molecule has 7 heteroatoms. The Kier molecular flexibility index (Phi) is 3.88. The average molecular weight is 317 g/mol. The minimum Gasteiger partial charge on any atom is -0.436 e. The molecule has 0 unspecified atom stereocenters. The highest BCUT2D eigenvalue weighted by molar-refractivity contribution is 5.87. The molecule has 0 atom stereocenters. The van der Waals surface area contributed by atoms with Crippen molar-refractivity contribution in [1.29, 1.82) is 0 Å². The molecule has 0 aliphatic carbocycles. The van der Waals surface area contributed by atoms with Crippen LogP contribution in [0.15, 0.2) is 27.5 Å². The molecule has 0 aromatic carbocycles. The van der Waals surface area contributed by atoms with Gasteiger partial charge in [-0.3, -0.25) is 4.79 Å². The summed E-state index contributed by atoms with van der Waals surface area (Å²) in [6, 6.07) is 3.28. The van der Waals surface area contributed by atoms with Crippen LogP contribution in [0.2, 0.25) is 0 Å². The third-order valence-electron chi connectivity index (χ3n) is 4.25. The summed E-state index contributed by atoms with van der Waals surface area (Å²) in [6.07, 6.45) is 1.67. The van der Waals surface area contributed by atoms with Gasteiger partial charge in [0.15, 0.2) is 22.7 Å². The van der Waals surface area contributed by atoms with Crippen LogP contribution in [0.3, 0.4) is 0 Å². The van der Waals surface area contributed by atoms with Gasteiger partial charge in [-0.05, 0) is 6.07 Å². The van der Waals surface area contributed by atoms with Crippen molar-refractivity contribution in [3.8, 4) is 0 Å². The molecule has 7 nitrogen and oxygen atoms in total. The molecule has 4 heterocycles. The Balaban J connectivity index is 1.80. The first kappa shape index (κ1) is 14.5. The van der Waals surface area contributed by atoms with Gasteiger partial charge in [0.1, 0.15) is 0 Å². The van der Waals surface area contributed by atoms with Gasteiger partial charge in [0, 0.05) is 38.4 Å². The summed E-state index contributed by atoms with van der Waals surface area (Å²) in [7, 11) is 0. The molecule has 122 valence electrons. The fraction of sp³-hybridized carbons (Fsp3) is 0.500. The molecule has 2 aromatic heterocycles. The highest BCUT2D eigenvalue weighted by Gasteiger charge is 2.20. The molecule has 0 saturated carbocycles. The van der Waals surface area contributed by atoms with Crippen molar-refractivity contribution in [1.82, 2.24) is 4.98 Å². The summed E-state index contributed by atoms with van der Waals surface area (Å²) in [6.45, 7) is 5.55. The lowest BCUT2D eigenvalue weighted by Crippen LogP contribution is -2.37. The molecule has 2 aliphatic heterocycles. The van der Waals surface area contributed by atoms with Crippen molar-refractivity contribution >= 4 is 22.7 Å². The second-order valence-electron chi connectivity index (χ2n) is 5.66. The normalized spacial score (nSPS) is 19.3. The first-order chi connectivity index (χ1) is 11.3. The lowest BCUT2D eigenvalue weighted by atomic mass is 10.2. The number of hydrogen-bond acceptors (Lipinski definition) is 7. The second kappa shape index (κ2) is 6.17.